The smallest absolute Gasteiger partial charge is 0.241 e. The molecule has 0 aliphatic carbocycles. The molecule has 1 unspecified atom stereocenters. The fraction of sp³-hybridized carbons (Fsp3) is 0.533. The molecule has 0 spiro atoms. The predicted octanol–water partition coefficient (Wildman–Crippen LogP) is 2.13. The summed E-state index contributed by atoms with van der Waals surface area (Å²) in [5.41, 5.74) is 0.715. The van der Waals surface area contributed by atoms with Crippen molar-refractivity contribution in [1.29, 1.82) is 0 Å². The van der Waals surface area contributed by atoms with Crippen LogP contribution in [0.1, 0.15) is 26.7 Å². The highest BCUT2D eigenvalue weighted by Gasteiger charge is 2.32. The van der Waals surface area contributed by atoms with Crippen molar-refractivity contribution >= 4 is 0 Å². The van der Waals surface area contributed by atoms with Crippen LogP contribution in [0.15, 0.2) is 29.0 Å². The topological polar surface area (TPSA) is 64.3 Å². The van der Waals surface area contributed by atoms with Gasteiger partial charge in [-0.05, 0) is 32.9 Å². The predicted molar refractivity (Wildman–Crippen MR) is 77.4 cm³/mol. The molecular weight excluding hydrogens is 268 g/mol. The van der Waals surface area contributed by atoms with E-state index in [1.807, 2.05) is 12.1 Å². The Kier molecular flexibility index (Phi) is 3.73. The van der Waals surface area contributed by atoms with Gasteiger partial charge in [0.05, 0.1) is 18.2 Å². The van der Waals surface area contributed by atoms with Crippen LogP contribution in [-0.4, -0.2) is 44.8 Å². The molecule has 1 atom stereocenters. The van der Waals surface area contributed by atoms with Crippen molar-refractivity contribution in [1.82, 2.24) is 20.0 Å². The Morgan fingerprint density at radius 2 is 2.29 bits per heavy atom. The largest absolute Gasteiger partial charge is 0.370 e. The highest BCUT2D eigenvalue weighted by molar-refractivity contribution is 5.51. The highest BCUT2D eigenvalue weighted by atomic mass is 16.5. The standard InChI is InChI=1S/C15H20N4O2/c1-11-8-19(10-15(2,3)20-11)9-13-17-14(18-21-13)12-5-4-6-16-7-12/h4-7,11H,8-10H2,1-3H3. The molecule has 1 aliphatic heterocycles. The van der Waals surface area contributed by atoms with Gasteiger partial charge in [0.25, 0.3) is 0 Å². The zero-order chi connectivity index (χ0) is 14.9. The summed E-state index contributed by atoms with van der Waals surface area (Å²) in [4.78, 5) is 10.8. The SMILES string of the molecule is CC1CN(Cc2nc(-c3cccnc3)no2)CC(C)(C)O1. The van der Waals surface area contributed by atoms with E-state index in [0.717, 1.165) is 18.7 Å². The van der Waals surface area contributed by atoms with Gasteiger partial charge in [0.1, 0.15) is 0 Å². The second-order valence-corrected chi connectivity index (χ2v) is 6.11. The van der Waals surface area contributed by atoms with Crippen LogP contribution in [-0.2, 0) is 11.3 Å². The first-order valence-electron chi connectivity index (χ1n) is 7.15. The Hall–Kier alpha value is -1.79. The fourth-order valence-electron chi connectivity index (χ4n) is 2.83. The molecule has 0 N–H and O–H groups in total. The van der Waals surface area contributed by atoms with Gasteiger partial charge in [-0.2, -0.15) is 4.98 Å². The van der Waals surface area contributed by atoms with Gasteiger partial charge in [-0.15, -0.1) is 0 Å². The van der Waals surface area contributed by atoms with Gasteiger partial charge in [-0.1, -0.05) is 5.16 Å². The molecule has 112 valence electrons. The molecule has 1 saturated heterocycles. The Bertz CT molecular complexity index is 597. The van der Waals surface area contributed by atoms with Gasteiger partial charge in [-0.25, -0.2) is 0 Å². The lowest BCUT2D eigenvalue weighted by atomic mass is 10.1. The Morgan fingerprint density at radius 3 is 3.00 bits per heavy atom. The van der Waals surface area contributed by atoms with E-state index >= 15 is 0 Å². The number of rotatable bonds is 3. The summed E-state index contributed by atoms with van der Waals surface area (Å²) in [6.45, 7) is 8.65. The number of pyridine rings is 1. The second kappa shape index (κ2) is 5.54. The monoisotopic (exact) mass is 288 g/mol. The van der Waals surface area contributed by atoms with Crippen LogP contribution in [0.5, 0.6) is 0 Å². The molecule has 6 nitrogen and oxygen atoms in total. The third-order valence-corrected chi connectivity index (χ3v) is 3.39. The maximum Gasteiger partial charge on any atom is 0.241 e. The third kappa shape index (κ3) is 3.46. The van der Waals surface area contributed by atoms with Crippen LogP contribution in [0.2, 0.25) is 0 Å². The minimum atomic E-state index is -0.149. The van der Waals surface area contributed by atoms with Crippen molar-refractivity contribution in [3.05, 3.63) is 30.4 Å². The normalized spacial score (nSPS) is 22.3. The molecule has 0 bridgehead atoms. The molecule has 3 rings (SSSR count). The summed E-state index contributed by atoms with van der Waals surface area (Å²) in [5.74, 6) is 1.21. The molecule has 2 aromatic rings. The summed E-state index contributed by atoms with van der Waals surface area (Å²) in [6, 6.07) is 3.78. The van der Waals surface area contributed by atoms with Gasteiger partial charge < -0.3 is 9.26 Å². The lowest BCUT2D eigenvalue weighted by molar-refractivity contribution is -0.132. The quantitative estimate of drug-likeness (QED) is 0.862. The highest BCUT2D eigenvalue weighted by Crippen LogP contribution is 2.22. The first-order chi connectivity index (χ1) is 10.0. The summed E-state index contributed by atoms with van der Waals surface area (Å²) in [5, 5.41) is 4.02. The third-order valence-electron chi connectivity index (χ3n) is 3.39. The fourth-order valence-corrected chi connectivity index (χ4v) is 2.83. The number of hydrogen-bond acceptors (Lipinski definition) is 6. The zero-order valence-corrected chi connectivity index (χ0v) is 12.6. The van der Waals surface area contributed by atoms with Crippen molar-refractivity contribution in [2.75, 3.05) is 13.1 Å². The van der Waals surface area contributed by atoms with Crippen LogP contribution in [0.4, 0.5) is 0 Å². The number of ether oxygens (including phenoxy) is 1. The van der Waals surface area contributed by atoms with Crippen molar-refractivity contribution in [3.8, 4) is 11.4 Å². The maximum atomic E-state index is 5.90. The molecular formula is C15H20N4O2. The van der Waals surface area contributed by atoms with E-state index in [1.54, 1.807) is 12.4 Å². The van der Waals surface area contributed by atoms with E-state index < -0.39 is 0 Å². The Balaban J connectivity index is 1.70. The molecule has 6 heteroatoms. The van der Waals surface area contributed by atoms with E-state index in [2.05, 4.69) is 40.8 Å². The number of aromatic nitrogens is 3. The van der Waals surface area contributed by atoms with E-state index in [1.165, 1.54) is 0 Å². The van der Waals surface area contributed by atoms with Gasteiger partial charge in [-0.3, -0.25) is 9.88 Å². The first kappa shape index (κ1) is 14.2. The van der Waals surface area contributed by atoms with Crippen molar-refractivity contribution in [2.24, 2.45) is 0 Å². The Labute approximate surface area is 124 Å². The molecule has 0 radical (unpaired) electrons. The van der Waals surface area contributed by atoms with E-state index in [0.29, 0.717) is 18.3 Å². The lowest BCUT2D eigenvalue weighted by Gasteiger charge is -2.41. The summed E-state index contributed by atoms with van der Waals surface area (Å²) >= 11 is 0. The van der Waals surface area contributed by atoms with Crippen LogP contribution in [0.3, 0.4) is 0 Å². The first-order valence-corrected chi connectivity index (χ1v) is 7.15. The maximum absolute atomic E-state index is 5.90. The van der Waals surface area contributed by atoms with Gasteiger partial charge in [0, 0.05) is 31.0 Å². The summed E-state index contributed by atoms with van der Waals surface area (Å²) < 4.78 is 11.3. The minimum Gasteiger partial charge on any atom is -0.370 e. The number of nitrogens with zero attached hydrogens (tertiary/aromatic N) is 4. The molecule has 1 aliphatic rings. The summed E-state index contributed by atoms with van der Waals surface area (Å²) in [7, 11) is 0. The van der Waals surface area contributed by atoms with Gasteiger partial charge in [0.15, 0.2) is 0 Å². The number of hydrogen-bond donors (Lipinski definition) is 0. The molecule has 0 aromatic carbocycles. The van der Waals surface area contributed by atoms with E-state index in [9.17, 15) is 0 Å². The van der Waals surface area contributed by atoms with Gasteiger partial charge >= 0.3 is 0 Å². The molecule has 0 saturated carbocycles. The average molecular weight is 288 g/mol. The minimum absolute atomic E-state index is 0.149. The van der Waals surface area contributed by atoms with Crippen LogP contribution >= 0.6 is 0 Å². The molecule has 2 aromatic heterocycles. The molecule has 3 heterocycles. The van der Waals surface area contributed by atoms with Crippen molar-refractivity contribution < 1.29 is 9.26 Å². The second-order valence-electron chi connectivity index (χ2n) is 6.11. The van der Waals surface area contributed by atoms with Crippen molar-refractivity contribution in [2.45, 2.75) is 39.0 Å². The number of morpholine rings is 1. The van der Waals surface area contributed by atoms with Crippen LogP contribution in [0, 0.1) is 0 Å². The van der Waals surface area contributed by atoms with Crippen LogP contribution < -0.4 is 0 Å². The molecule has 21 heavy (non-hydrogen) atoms. The van der Waals surface area contributed by atoms with Crippen LogP contribution in [0.25, 0.3) is 11.4 Å². The van der Waals surface area contributed by atoms with E-state index in [4.69, 9.17) is 9.26 Å². The van der Waals surface area contributed by atoms with Gasteiger partial charge in [0.2, 0.25) is 11.7 Å². The lowest BCUT2D eigenvalue weighted by Crippen LogP contribution is -2.51. The molecule has 0 amide bonds. The Morgan fingerprint density at radius 1 is 1.43 bits per heavy atom. The molecule has 1 fully saturated rings. The van der Waals surface area contributed by atoms with E-state index in [-0.39, 0.29) is 11.7 Å². The average Bonchev–Trinajstić information content (AvgIpc) is 2.86. The zero-order valence-electron chi connectivity index (χ0n) is 12.6. The van der Waals surface area contributed by atoms with Crippen molar-refractivity contribution in [3.63, 3.8) is 0 Å². The summed E-state index contributed by atoms with van der Waals surface area (Å²) in [6.07, 6.45) is 3.66.